The quantitative estimate of drug-likeness (QED) is 0.701. The first-order valence-corrected chi connectivity index (χ1v) is 3.91. The van der Waals surface area contributed by atoms with Gasteiger partial charge in [0.25, 0.3) is 5.91 Å². The molecule has 1 heterocycles. The van der Waals surface area contributed by atoms with Crippen LogP contribution in [0.3, 0.4) is 0 Å². The highest BCUT2D eigenvalue weighted by molar-refractivity contribution is 5.95. The maximum atomic E-state index is 10.9. The van der Waals surface area contributed by atoms with E-state index in [1.54, 1.807) is 11.6 Å². The van der Waals surface area contributed by atoms with Crippen molar-refractivity contribution < 1.29 is 4.79 Å². The molecule has 0 spiro atoms. The first kappa shape index (κ1) is 8.77. The fourth-order valence-electron chi connectivity index (χ4n) is 1.36. The molecule has 0 radical (unpaired) electrons. The highest BCUT2D eigenvalue weighted by Gasteiger charge is 2.14. The van der Waals surface area contributed by atoms with Crippen molar-refractivity contribution in [2.45, 2.75) is 27.3 Å². The molecule has 0 saturated carbocycles. The van der Waals surface area contributed by atoms with Crippen molar-refractivity contribution >= 4 is 5.91 Å². The van der Waals surface area contributed by atoms with E-state index in [9.17, 15) is 4.79 Å². The molecule has 66 valence electrons. The van der Waals surface area contributed by atoms with Gasteiger partial charge in [0.15, 0.2) is 0 Å². The molecule has 0 unspecified atom stereocenters. The van der Waals surface area contributed by atoms with Crippen molar-refractivity contribution in [3.63, 3.8) is 0 Å². The number of rotatable bonds is 2. The minimum Gasteiger partial charge on any atom is -0.365 e. The largest absolute Gasteiger partial charge is 0.365 e. The van der Waals surface area contributed by atoms with Crippen LogP contribution >= 0.6 is 0 Å². The Morgan fingerprint density at radius 3 is 2.42 bits per heavy atom. The van der Waals surface area contributed by atoms with Gasteiger partial charge in [-0.05, 0) is 20.8 Å². The lowest BCUT2D eigenvalue weighted by molar-refractivity contribution is 0.0999. The molecule has 12 heavy (non-hydrogen) atoms. The third-order valence-corrected chi connectivity index (χ3v) is 1.93. The third kappa shape index (κ3) is 1.20. The van der Waals surface area contributed by atoms with E-state index in [-0.39, 0.29) is 0 Å². The smallest absolute Gasteiger partial charge is 0.252 e. The van der Waals surface area contributed by atoms with E-state index in [0.717, 1.165) is 12.2 Å². The second kappa shape index (κ2) is 2.97. The molecule has 2 N–H and O–H groups in total. The lowest BCUT2D eigenvalue weighted by Crippen LogP contribution is -2.13. The van der Waals surface area contributed by atoms with E-state index in [1.807, 2.05) is 13.8 Å². The van der Waals surface area contributed by atoms with Crippen molar-refractivity contribution in [3.8, 4) is 0 Å². The Bertz CT molecular complexity index is 314. The van der Waals surface area contributed by atoms with E-state index in [1.165, 1.54) is 0 Å². The number of nitrogens with zero attached hydrogens (tertiary/aromatic N) is 2. The molecule has 1 rings (SSSR count). The maximum Gasteiger partial charge on any atom is 0.252 e. The van der Waals surface area contributed by atoms with Crippen LogP contribution in [0.4, 0.5) is 0 Å². The zero-order valence-electron chi connectivity index (χ0n) is 7.59. The molecule has 1 aromatic heterocycles. The molecule has 0 atom stereocenters. The summed E-state index contributed by atoms with van der Waals surface area (Å²) in [6.45, 7) is 6.38. The van der Waals surface area contributed by atoms with Gasteiger partial charge >= 0.3 is 0 Å². The van der Waals surface area contributed by atoms with Gasteiger partial charge in [-0.2, -0.15) is 5.10 Å². The van der Waals surface area contributed by atoms with Gasteiger partial charge in [0.1, 0.15) is 0 Å². The van der Waals surface area contributed by atoms with Crippen LogP contribution in [0.1, 0.15) is 28.7 Å². The van der Waals surface area contributed by atoms with E-state index < -0.39 is 5.91 Å². The lowest BCUT2D eigenvalue weighted by atomic mass is 10.2. The second-order valence-corrected chi connectivity index (χ2v) is 2.73. The molecule has 0 aliphatic heterocycles. The van der Waals surface area contributed by atoms with Crippen molar-refractivity contribution in [3.05, 3.63) is 17.0 Å². The number of hydrogen-bond acceptors (Lipinski definition) is 2. The minimum absolute atomic E-state index is 0.398. The molecular formula is C8H13N3O. The highest BCUT2D eigenvalue weighted by atomic mass is 16.1. The fraction of sp³-hybridized carbons (Fsp3) is 0.500. The normalized spacial score (nSPS) is 10.2. The highest BCUT2D eigenvalue weighted by Crippen LogP contribution is 2.11. The van der Waals surface area contributed by atoms with E-state index in [2.05, 4.69) is 5.10 Å². The average molecular weight is 167 g/mol. The zero-order chi connectivity index (χ0) is 9.30. The summed E-state index contributed by atoms with van der Waals surface area (Å²) in [5, 5.41) is 4.17. The van der Waals surface area contributed by atoms with E-state index in [0.29, 0.717) is 11.3 Å². The van der Waals surface area contributed by atoms with Crippen LogP contribution in [0.2, 0.25) is 0 Å². The molecule has 0 aliphatic carbocycles. The van der Waals surface area contributed by atoms with Crippen molar-refractivity contribution in [2.75, 3.05) is 0 Å². The van der Waals surface area contributed by atoms with Crippen LogP contribution in [0, 0.1) is 13.8 Å². The molecule has 4 heteroatoms. The minimum atomic E-state index is -0.398. The van der Waals surface area contributed by atoms with Gasteiger partial charge < -0.3 is 5.73 Å². The molecular weight excluding hydrogens is 154 g/mol. The van der Waals surface area contributed by atoms with Gasteiger partial charge in [0.05, 0.1) is 11.3 Å². The van der Waals surface area contributed by atoms with Crippen LogP contribution < -0.4 is 5.73 Å². The first-order chi connectivity index (χ1) is 5.57. The second-order valence-electron chi connectivity index (χ2n) is 2.73. The summed E-state index contributed by atoms with van der Waals surface area (Å²) in [6, 6.07) is 0. The maximum absolute atomic E-state index is 10.9. The Kier molecular flexibility index (Phi) is 2.17. The predicted octanol–water partition coefficient (Wildman–Crippen LogP) is 0.619. The Morgan fingerprint density at radius 2 is 2.17 bits per heavy atom. The standard InChI is InChI=1S/C8H13N3O/c1-4-11-6(3)7(8(9)12)5(2)10-11/h4H2,1-3H3,(H2,9,12). The number of amides is 1. The van der Waals surface area contributed by atoms with Gasteiger partial charge in [0, 0.05) is 12.2 Å². The number of primary amides is 1. The predicted molar refractivity (Wildman–Crippen MR) is 45.9 cm³/mol. The molecule has 0 aliphatic rings. The average Bonchev–Trinajstić information content (AvgIpc) is 2.25. The number of nitrogens with two attached hydrogens (primary N) is 1. The topological polar surface area (TPSA) is 60.9 Å². The summed E-state index contributed by atoms with van der Waals surface area (Å²) in [5.74, 6) is -0.398. The SMILES string of the molecule is CCn1nc(C)c(C(N)=O)c1C. The fourth-order valence-corrected chi connectivity index (χ4v) is 1.36. The first-order valence-electron chi connectivity index (χ1n) is 3.91. The Hall–Kier alpha value is -1.32. The number of hydrogen-bond donors (Lipinski definition) is 1. The Labute approximate surface area is 71.4 Å². The number of aryl methyl sites for hydroxylation is 2. The molecule has 4 nitrogen and oxygen atoms in total. The van der Waals surface area contributed by atoms with Crippen LogP contribution in [0.25, 0.3) is 0 Å². The van der Waals surface area contributed by atoms with Crippen molar-refractivity contribution in [2.24, 2.45) is 5.73 Å². The summed E-state index contributed by atoms with van der Waals surface area (Å²) in [4.78, 5) is 10.9. The van der Waals surface area contributed by atoms with Gasteiger partial charge in [0.2, 0.25) is 0 Å². The molecule has 0 saturated heterocycles. The Morgan fingerprint density at radius 1 is 1.58 bits per heavy atom. The monoisotopic (exact) mass is 167 g/mol. The molecule has 1 aromatic rings. The number of aromatic nitrogens is 2. The van der Waals surface area contributed by atoms with E-state index in [4.69, 9.17) is 5.73 Å². The summed E-state index contributed by atoms with van der Waals surface area (Å²) >= 11 is 0. The lowest BCUT2D eigenvalue weighted by Gasteiger charge is -1.98. The van der Waals surface area contributed by atoms with Crippen LogP contribution in [-0.2, 0) is 6.54 Å². The van der Waals surface area contributed by atoms with Gasteiger partial charge in [-0.15, -0.1) is 0 Å². The third-order valence-electron chi connectivity index (χ3n) is 1.93. The van der Waals surface area contributed by atoms with Crippen LogP contribution in [-0.4, -0.2) is 15.7 Å². The van der Waals surface area contributed by atoms with Crippen molar-refractivity contribution in [1.82, 2.24) is 9.78 Å². The molecule has 0 bridgehead atoms. The number of carbonyl (C=O) groups is 1. The van der Waals surface area contributed by atoms with Gasteiger partial charge in [-0.3, -0.25) is 9.48 Å². The van der Waals surface area contributed by atoms with E-state index >= 15 is 0 Å². The Balaban J connectivity index is 3.28. The zero-order valence-corrected chi connectivity index (χ0v) is 7.59. The summed E-state index contributed by atoms with van der Waals surface area (Å²) in [6.07, 6.45) is 0. The summed E-state index contributed by atoms with van der Waals surface area (Å²) in [7, 11) is 0. The molecule has 0 fully saturated rings. The molecule has 0 aromatic carbocycles. The summed E-state index contributed by atoms with van der Waals surface area (Å²) < 4.78 is 1.77. The van der Waals surface area contributed by atoms with Crippen LogP contribution in [0.15, 0.2) is 0 Å². The van der Waals surface area contributed by atoms with Gasteiger partial charge in [-0.25, -0.2) is 0 Å². The van der Waals surface area contributed by atoms with Gasteiger partial charge in [-0.1, -0.05) is 0 Å². The number of carbonyl (C=O) groups excluding carboxylic acids is 1. The van der Waals surface area contributed by atoms with Crippen molar-refractivity contribution in [1.29, 1.82) is 0 Å². The van der Waals surface area contributed by atoms with Crippen LogP contribution in [0.5, 0.6) is 0 Å². The molecule has 1 amide bonds. The summed E-state index contributed by atoms with van der Waals surface area (Å²) in [5.41, 5.74) is 7.30.